The first-order chi connectivity index (χ1) is 14.5. The Morgan fingerprint density at radius 2 is 1.43 bits per heavy atom. The molecular formula is C26H30NO3+. The largest absolute Gasteiger partial charge is 0.467 e. The fraction of sp³-hybridized carbons (Fsp3) is 0.308. The van der Waals surface area contributed by atoms with Crippen LogP contribution in [-0.4, -0.2) is 19.2 Å². The minimum absolute atomic E-state index is 0.312. The van der Waals surface area contributed by atoms with Crippen molar-refractivity contribution in [2.24, 2.45) is 13.0 Å². The molecule has 1 unspecified atom stereocenters. The maximum atomic E-state index is 12.4. The summed E-state index contributed by atoms with van der Waals surface area (Å²) in [4.78, 5) is 12.4. The molecule has 4 nitrogen and oxygen atoms in total. The van der Waals surface area contributed by atoms with Crippen molar-refractivity contribution in [3.8, 4) is 11.1 Å². The van der Waals surface area contributed by atoms with Gasteiger partial charge in [-0.3, -0.25) is 0 Å². The van der Waals surface area contributed by atoms with Gasteiger partial charge in [0.05, 0.1) is 7.11 Å². The van der Waals surface area contributed by atoms with Gasteiger partial charge in [-0.05, 0) is 34.6 Å². The molecule has 2 aromatic carbocycles. The summed E-state index contributed by atoms with van der Waals surface area (Å²) < 4.78 is 13.4. The van der Waals surface area contributed by atoms with Crippen LogP contribution in [0.4, 0.5) is 0 Å². The number of esters is 1. The van der Waals surface area contributed by atoms with Crippen LogP contribution >= 0.6 is 0 Å². The Bertz CT molecular complexity index is 934. The molecule has 0 spiro atoms. The first-order valence-electron chi connectivity index (χ1n) is 10.3. The van der Waals surface area contributed by atoms with Crippen LogP contribution in [0.15, 0.2) is 79.1 Å². The van der Waals surface area contributed by atoms with Gasteiger partial charge < -0.3 is 9.47 Å². The third-order valence-electron chi connectivity index (χ3n) is 5.08. The molecule has 30 heavy (non-hydrogen) atoms. The molecular weight excluding hydrogens is 374 g/mol. The number of hydrogen-bond acceptors (Lipinski definition) is 3. The highest BCUT2D eigenvalue weighted by Crippen LogP contribution is 2.31. The summed E-state index contributed by atoms with van der Waals surface area (Å²) in [6.45, 7) is 4.15. The summed E-state index contributed by atoms with van der Waals surface area (Å²) in [7, 11) is 3.41. The van der Waals surface area contributed by atoms with E-state index in [1.807, 2.05) is 54.3 Å². The van der Waals surface area contributed by atoms with Crippen LogP contribution in [0.3, 0.4) is 0 Å². The first kappa shape index (κ1) is 21.7. The van der Waals surface area contributed by atoms with Crippen LogP contribution in [-0.2, 0) is 21.3 Å². The highest BCUT2D eigenvalue weighted by atomic mass is 16.6. The lowest BCUT2D eigenvalue weighted by Crippen LogP contribution is -2.29. The SMILES string of the molecule is COC(=O)[C@H](CC(C)C)OC(c1ccccc1)c1ccc(-c2cc[n+](C)cc2)cc1. The topological polar surface area (TPSA) is 39.4 Å². The van der Waals surface area contributed by atoms with Crippen molar-refractivity contribution in [2.45, 2.75) is 32.5 Å². The summed E-state index contributed by atoms with van der Waals surface area (Å²) in [5.41, 5.74) is 4.31. The molecule has 0 amide bonds. The van der Waals surface area contributed by atoms with Gasteiger partial charge in [0.25, 0.3) is 0 Å². The number of hydrogen-bond donors (Lipinski definition) is 0. The van der Waals surface area contributed by atoms with Crippen molar-refractivity contribution in [3.05, 3.63) is 90.3 Å². The maximum Gasteiger partial charge on any atom is 0.335 e. The lowest BCUT2D eigenvalue weighted by molar-refractivity contribution is -0.671. The van der Waals surface area contributed by atoms with Gasteiger partial charge in [-0.1, -0.05) is 68.4 Å². The van der Waals surface area contributed by atoms with Crippen LogP contribution in [0.25, 0.3) is 11.1 Å². The van der Waals surface area contributed by atoms with Gasteiger partial charge in [-0.2, -0.15) is 0 Å². The smallest absolute Gasteiger partial charge is 0.335 e. The number of benzene rings is 2. The van der Waals surface area contributed by atoms with Crippen molar-refractivity contribution < 1.29 is 18.8 Å². The van der Waals surface area contributed by atoms with Gasteiger partial charge >= 0.3 is 5.97 Å². The molecule has 4 heteroatoms. The second-order valence-electron chi connectivity index (χ2n) is 7.94. The Balaban J connectivity index is 1.92. The molecule has 1 heterocycles. The Morgan fingerprint density at radius 1 is 0.867 bits per heavy atom. The van der Waals surface area contributed by atoms with Crippen molar-refractivity contribution in [1.29, 1.82) is 0 Å². The Labute approximate surface area is 179 Å². The van der Waals surface area contributed by atoms with Gasteiger partial charge in [-0.15, -0.1) is 0 Å². The highest BCUT2D eigenvalue weighted by molar-refractivity contribution is 5.74. The Kier molecular flexibility index (Phi) is 7.36. The summed E-state index contributed by atoms with van der Waals surface area (Å²) in [6.07, 6.45) is 3.71. The van der Waals surface area contributed by atoms with E-state index in [1.165, 1.54) is 7.11 Å². The van der Waals surface area contributed by atoms with Crippen molar-refractivity contribution in [1.82, 2.24) is 0 Å². The van der Waals surface area contributed by atoms with Crippen LogP contribution < -0.4 is 4.57 Å². The quantitative estimate of drug-likeness (QED) is 0.397. The number of carbonyl (C=O) groups is 1. The fourth-order valence-corrected chi connectivity index (χ4v) is 3.45. The van der Waals surface area contributed by atoms with Crippen LogP contribution in [0.5, 0.6) is 0 Å². The van der Waals surface area contributed by atoms with E-state index in [4.69, 9.17) is 9.47 Å². The van der Waals surface area contributed by atoms with Crippen molar-refractivity contribution in [3.63, 3.8) is 0 Å². The molecule has 0 N–H and O–H groups in total. The molecule has 1 aromatic heterocycles. The number of pyridine rings is 1. The number of nitrogens with zero attached hydrogens (tertiary/aromatic N) is 1. The van der Waals surface area contributed by atoms with Gasteiger partial charge in [0.15, 0.2) is 18.5 Å². The number of rotatable bonds is 8. The van der Waals surface area contributed by atoms with Crippen molar-refractivity contribution >= 4 is 5.97 Å². The predicted octanol–water partition coefficient (Wildman–Crippen LogP) is 4.87. The van der Waals surface area contributed by atoms with E-state index in [-0.39, 0.29) is 12.1 Å². The first-order valence-corrected chi connectivity index (χ1v) is 10.3. The summed E-state index contributed by atoms with van der Waals surface area (Å²) in [5, 5.41) is 0. The molecule has 0 radical (unpaired) electrons. The summed E-state index contributed by atoms with van der Waals surface area (Å²) >= 11 is 0. The molecule has 156 valence electrons. The minimum Gasteiger partial charge on any atom is -0.467 e. The summed E-state index contributed by atoms with van der Waals surface area (Å²) in [5.74, 6) is -0.0225. The van der Waals surface area contributed by atoms with Gasteiger partial charge in [0.1, 0.15) is 13.2 Å². The van der Waals surface area contributed by atoms with E-state index in [9.17, 15) is 4.79 Å². The number of ether oxygens (including phenoxy) is 2. The molecule has 3 rings (SSSR count). The highest BCUT2D eigenvalue weighted by Gasteiger charge is 2.27. The molecule has 2 atom stereocenters. The van der Waals surface area contributed by atoms with E-state index in [0.29, 0.717) is 12.3 Å². The van der Waals surface area contributed by atoms with Gasteiger partial charge in [-0.25, -0.2) is 9.36 Å². The van der Waals surface area contributed by atoms with Crippen molar-refractivity contribution in [2.75, 3.05) is 7.11 Å². The average molecular weight is 405 g/mol. The maximum absolute atomic E-state index is 12.4. The lowest BCUT2D eigenvalue weighted by Gasteiger charge is -2.25. The van der Waals surface area contributed by atoms with E-state index < -0.39 is 6.10 Å². The standard InChI is InChI=1S/C26H30NO3/c1-19(2)18-24(26(28)29-4)30-25(22-8-6-5-7-9-22)23-12-10-20(11-13-23)21-14-16-27(3)17-15-21/h5-17,19,24-25H,18H2,1-4H3/q+1/t24-,25?/m0/s1. The van der Waals surface area contributed by atoms with E-state index >= 15 is 0 Å². The molecule has 0 fully saturated rings. The zero-order valence-corrected chi connectivity index (χ0v) is 18.1. The molecule has 0 aliphatic heterocycles. The van der Waals surface area contributed by atoms with Crippen LogP contribution in [0.2, 0.25) is 0 Å². The van der Waals surface area contributed by atoms with Gasteiger partial charge in [0, 0.05) is 12.1 Å². The number of aromatic nitrogens is 1. The van der Waals surface area contributed by atoms with Crippen LogP contribution in [0, 0.1) is 5.92 Å². The third-order valence-corrected chi connectivity index (χ3v) is 5.08. The zero-order chi connectivity index (χ0) is 21.5. The van der Waals surface area contributed by atoms with Gasteiger partial charge in [0.2, 0.25) is 0 Å². The third kappa shape index (κ3) is 5.55. The number of methoxy groups -OCH3 is 1. The van der Waals surface area contributed by atoms with E-state index in [1.54, 1.807) is 0 Å². The predicted molar refractivity (Wildman–Crippen MR) is 118 cm³/mol. The van der Waals surface area contributed by atoms with E-state index in [0.717, 1.165) is 22.3 Å². The molecule has 3 aromatic rings. The second-order valence-corrected chi connectivity index (χ2v) is 7.94. The Hall–Kier alpha value is -2.98. The number of carbonyl (C=O) groups excluding carboxylic acids is 1. The zero-order valence-electron chi connectivity index (χ0n) is 18.1. The molecule has 0 aliphatic rings. The fourth-order valence-electron chi connectivity index (χ4n) is 3.45. The molecule has 0 saturated heterocycles. The molecule has 0 saturated carbocycles. The summed E-state index contributed by atoms with van der Waals surface area (Å²) in [6, 6.07) is 22.5. The molecule has 0 bridgehead atoms. The Morgan fingerprint density at radius 3 is 2.00 bits per heavy atom. The lowest BCUT2D eigenvalue weighted by atomic mass is 9.97. The van der Waals surface area contributed by atoms with Crippen LogP contribution in [0.1, 0.15) is 37.5 Å². The average Bonchev–Trinajstić information content (AvgIpc) is 2.77. The minimum atomic E-state index is -0.617. The normalized spacial score (nSPS) is 13.1. The number of aryl methyl sites for hydroxylation is 1. The second kappa shape index (κ2) is 10.2. The monoisotopic (exact) mass is 404 g/mol. The van der Waals surface area contributed by atoms with E-state index in [2.05, 4.69) is 50.2 Å². The molecule has 0 aliphatic carbocycles.